The molecule has 1 aromatic heterocycles. The van der Waals surface area contributed by atoms with Crippen LogP contribution in [0, 0.1) is 0 Å². The third-order valence-electron chi connectivity index (χ3n) is 6.20. The Hall–Kier alpha value is -3.61. The third-order valence-corrected chi connectivity index (χ3v) is 6.20. The lowest BCUT2D eigenvalue weighted by atomic mass is 9.96. The summed E-state index contributed by atoms with van der Waals surface area (Å²) in [5.41, 5.74) is 2.15. The molecule has 2 heterocycles. The lowest BCUT2D eigenvalue weighted by Crippen LogP contribution is -2.26. The van der Waals surface area contributed by atoms with Crippen molar-refractivity contribution >= 4 is 23.2 Å². The summed E-state index contributed by atoms with van der Waals surface area (Å²) in [6.07, 6.45) is 3.38. The van der Waals surface area contributed by atoms with E-state index in [2.05, 4.69) is 28.9 Å². The molecule has 1 saturated heterocycles. The number of anilines is 3. The molecule has 3 aromatic rings. The van der Waals surface area contributed by atoms with Crippen LogP contribution >= 0.6 is 0 Å². The molecule has 0 bridgehead atoms. The summed E-state index contributed by atoms with van der Waals surface area (Å²) in [6, 6.07) is 17.9. The lowest BCUT2D eigenvalue weighted by molar-refractivity contribution is -0.117. The Morgan fingerprint density at radius 3 is 2.50 bits per heavy atom. The molecule has 1 aliphatic rings. The molecular formula is C27H32N4O3. The summed E-state index contributed by atoms with van der Waals surface area (Å²) in [7, 11) is 3.61. The molecule has 0 amide bonds. The van der Waals surface area contributed by atoms with Gasteiger partial charge in [-0.15, -0.1) is 0 Å². The van der Waals surface area contributed by atoms with Crippen molar-refractivity contribution < 1.29 is 14.3 Å². The lowest BCUT2D eigenvalue weighted by Gasteiger charge is -2.21. The first-order chi connectivity index (χ1) is 16.4. The van der Waals surface area contributed by atoms with E-state index in [0.717, 1.165) is 48.1 Å². The number of hydrogen-bond donors (Lipinski definition) is 0. The van der Waals surface area contributed by atoms with Crippen LogP contribution in [0.2, 0.25) is 0 Å². The first-order valence-electron chi connectivity index (χ1n) is 11.6. The van der Waals surface area contributed by atoms with Gasteiger partial charge in [-0.2, -0.15) is 4.98 Å². The standard InChI is InChI=1S/C27H32N4O3/c1-19(17-20(2)32)21-5-9-24(10-6-21)34-25-14-16-31(18-25)26-13-15-28-27(29-26)30(3)22-7-11-23(33-4)12-8-22/h5-13,15,19,25H,14,16-18H2,1-4H3/t19-,25-/m1/s1. The Morgan fingerprint density at radius 1 is 1.12 bits per heavy atom. The van der Waals surface area contributed by atoms with Gasteiger partial charge in [0.05, 0.1) is 13.7 Å². The van der Waals surface area contributed by atoms with E-state index in [1.54, 1.807) is 20.2 Å². The zero-order valence-electron chi connectivity index (χ0n) is 20.3. The quantitative estimate of drug-likeness (QED) is 0.445. The van der Waals surface area contributed by atoms with Gasteiger partial charge >= 0.3 is 0 Å². The van der Waals surface area contributed by atoms with Gasteiger partial charge in [-0.1, -0.05) is 19.1 Å². The van der Waals surface area contributed by atoms with Gasteiger partial charge in [-0.05, 0) is 60.9 Å². The highest BCUT2D eigenvalue weighted by Gasteiger charge is 2.26. The highest BCUT2D eigenvalue weighted by atomic mass is 16.5. The van der Waals surface area contributed by atoms with Gasteiger partial charge in [0.15, 0.2) is 0 Å². The zero-order valence-corrected chi connectivity index (χ0v) is 20.3. The molecule has 178 valence electrons. The summed E-state index contributed by atoms with van der Waals surface area (Å²) >= 11 is 0. The van der Waals surface area contributed by atoms with Crippen LogP contribution in [0.3, 0.4) is 0 Å². The second kappa shape index (κ2) is 10.5. The Kier molecular flexibility index (Phi) is 7.30. The maximum absolute atomic E-state index is 11.4. The van der Waals surface area contributed by atoms with E-state index >= 15 is 0 Å². The number of hydrogen-bond acceptors (Lipinski definition) is 7. The molecule has 0 unspecified atom stereocenters. The van der Waals surface area contributed by atoms with E-state index in [-0.39, 0.29) is 17.8 Å². The van der Waals surface area contributed by atoms with E-state index in [1.807, 2.05) is 54.4 Å². The van der Waals surface area contributed by atoms with Crippen molar-refractivity contribution in [2.45, 2.75) is 38.7 Å². The molecule has 0 spiro atoms. The highest BCUT2D eigenvalue weighted by molar-refractivity contribution is 5.76. The molecular weight excluding hydrogens is 428 g/mol. The summed E-state index contributed by atoms with van der Waals surface area (Å²) in [5.74, 6) is 3.63. The molecule has 2 aromatic carbocycles. The molecule has 7 heteroatoms. The number of ketones is 1. The van der Waals surface area contributed by atoms with Crippen molar-refractivity contribution in [2.75, 3.05) is 37.0 Å². The molecule has 4 rings (SSSR count). The summed E-state index contributed by atoms with van der Waals surface area (Å²) < 4.78 is 11.5. The van der Waals surface area contributed by atoms with Gasteiger partial charge in [0, 0.05) is 38.3 Å². The molecule has 34 heavy (non-hydrogen) atoms. The highest BCUT2D eigenvalue weighted by Crippen LogP contribution is 2.27. The Bertz CT molecular complexity index is 1100. The molecule has 0 aliphatic carbocycles. The summed E-state index contributed by atoms with van der Waals surface area (Å²) in [5, 5.41) is 0. The van der Waals surface area contributed by atoms with Gasteiger partial charge in [0.2, 0.25) is 5.95 Å². The fourth-order valence-electron chi connectivity index (χ4n) is 4.25. The van der Waals surface area contributed by atoms with E-state index in [0.29, 0.717) is 12.4 Å². The van der Waals surface area contributed by atoms with Crippen molar-refractivity contribution in [1.29, 1.82) is 0 Å². The molecule has 7 nitrogen and oxygen atoms in total. The molecule has 0 N–H and O–H groups in total. The number of aromatic nitrogens is 2. The Balaban J connectivity index is 1.37. The number of carbonyl (C=O) groups excluding carboxylic acids is 1. The van der Waals surface area contributed by atoms with Crippen LogP contribution in [0.15, 0.2) is 60.8 Å². The van der Waals surface area contributed by atoms with Crippen molar-refractivity contribution in [3.8, 4) is 11.5 Å². The number of Topliss-reactive ketones (excluding diaryl/α,β-unsaturated/α-hetero) is 1. The fourth-order valence-corrected chi connectivity index (χ4v) is 4.25. The maximum Gasteiger partial charge on any atom is 0.231 e. The number of benzene rings is 2. The topological polar surface area (TPSA) is 67.8 Å². The van der Waals surface area contributed by atoms with Gasteiger partial charge in [0.25, 0.3) is 0 Å². The number of ether oxygens (including phenoxy) is 2. The summed E-state index contributed by atoms with van der Waals surface area (Å²) in [6.45, 7) is 5.36. The molecule has 1 fully saturated rings. The zero-order chi connectivity index (χ0) is 24.1. The normalized spacial score (nSPS) is 16.2. The van der Waals surface area contributed by atoms with Gasteiger partial charge in [0.1, 0.15) is 29.2 Å². The van der Waals surface area contributed by atoms with Crippen LogP contribution in [-0.4, -0.2) is 49.1 Å². The van der Waals surface area contributed by atoms with Crippen LogP contribution < -0.4 is 19.3 Å². The van der Waals surface area contributed by atoms with Crippen molar-refractivity contribution in [3.63, 3.8) is 0 Å². The van der Waals surface area contributed by atoms with Gasteiger partial charge < -0.3 is 24.1 Å². The van der Waals surface area contributed by atoms with E-state index in [4.69, 9.17) is 14.5 Å². The SMILES string of the molecule is COc1ccc(N(C)c2nccc(N3CC[C@@H](Oc4ccc([C@H](C)CC(C)=O)cc4)C3)n2)cc1. The van der Waals surface area contributed by atoms with Crippen molar-refractivity contribution in [1.82, 2.24) is 9.97 Å². The number of rotatable bonds is 9. The predicted octanol–water partition coefficient (Wildman–Crippen LogP) is 4.99. The number of nitrogens with zero attached hydrogens (tertiary/aromatic N) is 4. The van der Waals surface area contributed by atoms with Gasteiger partial charge in [-0.3, -0.25) is 0 Å². The third kappa shape index (κ3) is 5.65. The fraction of sp³-hybridized carbons (Fsp3) is 0.370. The van der Waals surface area contributed by atoms with Crippen LogP contribution in [0.1, 0.15) is 38.2 Å². The molecule has 1 aliphatic heterocycles. The smallest absolute Gasteiger partial charge is 0.231 e. The minimum atomic E-state index is 0.0956. The second-order valence-corrected chi connectivity index (χ2v) is 8.82. The van der Waals surface area contributed by atoms with Crippen molar-refractivity contribution in [2.24, 2.45) is 0 Å². The first-order valence-corrected chi connectivity index (χ1v) is 11.6. The average molecular weight is 461 g/mol. The maximum atomic E-state index is 11.4. The minimum Gasteiger partial charge on any atom is -0.497 e. The van der Waals surface area contributed by atoms with Crippen LogP contribution in [0.4, 0.5) is 17.5 Å². The Labute approximate surface area is 201 Å². The first kappa shape index (κ1) is 23.5. The number of carbonyl (C=O) groups is 1. The largest absolute Gasteiger partial charge is 0.497 e. The number of methoxy groups -OCH3 is 1. The van der Waals surface area contributed by atoms with E-state index in [1.165, 1.54) is 0 Å². The average Bonchev–Trinajstić information content (AvgIpc) is 3.32. The van der Waals surface area contributed by atoms with Crippen LogP contribution in [0.5, 0.6) is 11.5 Å². The minimum absolute atomic E-state index is 0.0956. The Morgan fingerprint density at radius 2 is 1.82 bits per heavy atom. The van der Waals surface area contributed by atoms with E-state index < -0.39 is 0 Å². The monoisotopic (exact) mass is 460 g/mol. The molecule has 2 atom stereocenters. The van der Waals surface area contributed by atoms with Crippen LogP contribution in [-0.2, 0) is 4.79 Å². The van der Waals surface area contributed by atoms with Gasteiger partial charge in [-0.25, -0.2) is 4.98 Å². The van der Waals surface area contributed by atoms with E-state index in [9.17, 15) is 4.79 Å². The molecule has 0 radical (unpaired) electrons. The summed E-state index contributed by atoms with van der Waals surface area (Å²) in [4.78, 5) is 24.8. The second-order valence-electron chi connectivity index (χ2n) is 8.82. The predicted molar refractivity (Wildman–Crippen MR) is 134 cm³/mol. The molecule has 0 saturated carbocycles. The van der Waals surface area contributed by atoms with Crippen molar-refractivity contribution in [3.05, 3.63) is 66.4 Å². The van der Waals surface area contributed by atoms with Crippen LogP contribution in [0.25, 0.3) is 0 Å².